The van der Waals surface area contributed by atoms with E-state index >= 15 is 0 Å². The lowest BCUT2D eigenvalue weighted by molar-refractivity contribution is 0.745. The summed E-state index contributed by atoms with van der Waals surface area (Å²) in [5.41, 5.74) is 10.1. The summed E-state index contributed by atoms with van der Waals surface area (Å²) in [6.45, 7) is 0. The van der Waals surface area contributed by atoms with Crippen LogP contribution in [0.1, 0.15) is 22.3 Å². The minimum absolute atomic E-state index is 0.626. The van der Waals surface area contributed by atoms with Gasteiger partial charge in [0, 0.05) is 33.8 Å². The minimum atomic E-state index is -0.632. The highest BCUT2D eigenvalue weighted by molar-refractivity contribution is 5.77. The molecule has 0 fully saturated rings. The molecule has 0 radical (unpaired) electrons. The van der Waals surface area contributed by atoms with Gasteiger partial charge in [0.1, 0.15) is 0 Å². The predicted molar refractivity (Wildman–Crippen MR) is 229 cm³/mol. The molecule has 1 heterocycles. The second-order valence-corrected chi connectivity index (χ2v) is 13.7. The van der Waals surface area contributed by atoms with Crippen molar-refractivity contribution in [2.75, 3.05) is 4.90 Å². The quantitative estimate of drug-likeness (QED) is 0.132. The summed E-state index contributed by atoms with van der Waals surface area (Å²) in [6, 6.07) is 80.7. The molecule has 9 aromatic rings. The molecule has 56 heavy (non-hydrogen) atoms. The van der Waals surface area contributed by atoms with E-state index < -0.39 is 5.41 Å². The van der Waals surface area contributed by atoms with Crippen molar-refractivity contribution < 1.29 is 0 Å². The van der Waals surface area contributed by atoms with Gasteiger partial charge in [-0.25, -0.2) is 15.0 Å². The topological polar surface area (TPSA) is 41.9 Å². The van der Waals surface area contributed by atoms with Gasteiger partial charge in [0.15, 0.2) is 17.5 Å². The van der Waals surface area contributed by atoms with Gasteiger partial charge >= 0.3 is 0 Å². The maximum absolute atomic E-state index is 5.01. The predicted octanol–water partition coefficient (Wildman–Crippen LogP) is 12.7. The first kappa shape index (κ1) is 34.3. The lowest BCUT2D eigenvalue weighted by Crippen LogP contribution is -2.31. The highest BCUT2D eigenvalue weighted by Crippen LogP contribution is 2.46. The van der Waals surface area contributed by atoms with Gasteiger partial charge in [-0.05, 0) is 58.7 Å². The number of anilines is 3. The Labute approximate surface area is 328 Å². The number of hydrogen-bond acceptors (Lipinski definition) is 4. The van der Waals surface area contributed by atoms with Crippen LogP contribution in [0.3, 0.4) is 0 Å². The molecule has 0 bridgehead atoms. The fourth-order valence-corrected chi connectivity index (χ4v) is 7.65. The molecular formula is C52H38N4. The summed E-state index contributed by atoms with van der Waals surface area (Å²) in [7, 11) is 0. The minimum Gasteiger partial charge on any atom is -0.311 e. The van der Waals surface area contributed by atoms with E-state index in [0.717, 1.165) is 44.9 Å². The monoisotopic (exact) mass is 718 g/mol. The molecule has 0 saturated heterocycles. The summed E-state index contributed by atoms with van der Waals surface area (Å²) >= 11 is 0. The van der Waals surface area contributed by atoms with Gasteiger partial charge in [0.2, 0.25) is 0 Å². The Balaban J connectivity index is 1.20. The van der Waals surface area contributed by atoms with Crippen LogP contribution in [0.2, 0.25) is 0 Å². The Hall–Kier alpha value is -7.43. The van der Waals surface area contributed by atoms with Crippen molar-refractivity contribution >= 4 is 17.1 Å². The molecule has 0 aliphatic rings. The van der Waals surface area contributed by atoms with Crippen molar-refractivity contribution in [2.45, 2.75) is 5.41 Å². The van der Waals surface area contributed by atoms with Gasteiger partial charge in [-0.15, -0.1) is 0 Å². The van der Waals surface area contributed by atoms with E-state index in [1.807, 2.05) is 60.7 Å². The third kappa shape index (κ3) is 6.65. The Kier molecular flexibility index (Phi) is 9.51. The van der Waals surface area contributed by atoms with Crippen LogP contribution in [0.15, 0.2) is 231 Å². The third-order valence-corrected chi connectivity index (χ3v) is 10.3. The van der Waals surface area contributed by atoms with Gasteiger partial charge < -0.3 is 4.90 Å². The zero-order valence-corrected chi connectivity index (χ0v) is 30.7. The first-order valence-electron chi connectivity index (χ1n) is 18.9. The van der Waals surface area contributed by atoms with Crippen molar-refractivity contribution in [3.05, 3.63) is 253 Å². The smallest absolute Gasteiger partial charge is 0.164 e. The summed E-state index contributed by atoms with van der Waals surface area (Å²) in [5.74, 6) is 1.91. The molecule has 0 spiro atoms. The van der Waals surface area contributed by atoms with Crippen LogP contribution < -0.4 is 4.90 Å². The standard InChI is InChI=1S/C52H38N4/c1-7-19-39(20-8-1)49-53-50(40-21-9-2-10-22-40)55-51(54-49)41-31-33-44(34-32-41)52(42-23-11-3-12-24-42,43-25-13-4-14-26-43)45-35-37-48(38-36-45)56(46-27-15-5-16-28-46)47-29-17-6-18-30-47/h1-38H. The third-order valence-electron chi connectivity index (χ3n) is 10.3. The lowest BCUT2D eigenvalue weighted by atomic mass is 9.65. The molecule has 0 unspecified atom stereocenters. The van der Waals surface area contributed by atoms with E-state index in [0.29, 0.717) is 17.5 Å². The van der Waals surface area contributed by atoms with E-state index in [4.69, 9.17) is 15.0 Å². The van der Waals surface area contributed by atoms with Crippen LogP contribution >= 0.6 is 0 Å². The zero-order valence-electron chi connectivity index (χ0n) is 30.7. The molecule has 0 atom stereocenters. The average Bonchev–Trinajstić information content (AvgIpc) is 3.29. The molecule has 8 aromatic carbocycles. The molecule has 0 N–H and O–H groups in total. The molecule has 9 rings (SSSR count). The van der Waals surface area contributed by atoms with Crippen LogP contribution in [-0.2, 0) is 5.41 Å². The normalized spacial score (nSPS) is 11.2. The second kappa shape index (κ2) is 15.5. The lowest BCUT2D eigenvalue weighted by Gasteiger charge is -2.37. The largest absolute Gasteiger partial charge is 0.311 e. The molecule has 266 valence electrons. The van der Waals surface area contributed by atoms with E-state index in [1.54, 1.807) is 0 Å². The van der Waals surface area contributed by atoms with E-state index in [1.165, 1.54) is 11.1 Å². The van der Waals surface area contributed by atoms with Gasteiger partial charge in [0.25, 0.3) is 0 Å². The maximum Gasteiger partial charge on any atom is 0.164 e. The molecule has 0 aliphatic carbocycles. The Bertz CT molecular complexity index is 2500. The van der Waals surface area contributed by atoms with E-state index in [-0.39, 0.29) is 0 Å². The second-order valence-electron chi connectivity index (χ2n) is 13.7. The Morgan fingerprint density at radius 2 is 0.518 bits per heavy atom. The summed E-state index contributed by atoms with van der Waals surface area (Å²) < 4.78 is 0. The molecule has 1 aromatic heterocycles. The van der Waals surface area contributed by atoms with Crippen LogP contribution in [-0.4, -0.2) is 15.0 Å². The maximum atomic E-state index is 5.01. The highest BCUT2D eigenvalue weighted by atomic mass is 15.1. The molecule has 0 aliphatic heterocycles. The number of para-hydroxylation sites is 2. The molecule has 4 heteroatoms. The first-order chi connectivity index (χ1) is 27.8. The Morgan fingerprint density at radius 3 is 0.893 bits per heavy atom. The SMILES string of the molecule is c1ccc(-c2nc(-c3ccccc3)nc(-c3ccc(C(c4ccccc4)(c4ccccc4)c4ccc(N(c5ccccc5)c5ccccc5)cc4)cc3)n2)cc1. The van der Waals surface area contributed by atoms with Crippen LogP contribution in [0.25, 0.3) is 34.2 Å². The fourth-order valence-electron chi connectivity index (χ4n) is 7.65. The van der Waals surface area contributed by atoms with Crippen molar-refractivity contribution in [3.8, 4) is 34.2 Å². The number of nitrogens with zero attached hydrogens (tertiary/aromatic N) is 4. The molecule has 4 nitrogen and oxygen atoms in total. The number of aromatic nitrogens is 3. The summed E-state index contributed by atoms with van der Waals surface area (Å²) in [4.78, 5) is 17.2. The van der Waals surface area contributed by atoms with Crippen LogP contribution in [0.4, 0.5) is 17.1 Å². The van der Waals surface area contributed by atoms with Gasteiger partial charge in [-0.1, -0.05) is 194 Å². The van der Waals surface area contributed by atoms with Crippen LogP contribution in [0, 0.1) is 0 Å². The van der Waals surface area contributed by atoms with Crippen molar-refractivity contribution in [1.29, 1.82) is 0 Å². The molecule has 0 saturated carbocycles. The van der Waals surface area contributed by atoms with Gasteiger partial charge in [-0.2, -0.15) is 0 Å². The first-order valence-corrected chi connectivity index (χ1v) is 18.9. The zero-order chi connectivity index (χ0) is 37.6. The fraction of sp³-hybridized carbons (Fsp3) is 0.0192. The van der Waals surface area contributed by atoms with Crippen molar-refractivity contribution in [3.63, 3.8) is 0 Å². The van der Waals surface area contributed by atoms with E-state index in [2.05, 4.69) is 175 Å². The van der Waals surface area contributed by atoms with Gasteiger partial charge in [-0.3, -0.25) is 0 Å². The number of benzene rings is 8. The number of hydrogen-bond donors (Lipinski definition) is 0. The summed E-state index contributed by atoms with van der Waals surface area (Å²) in [5, 5.41) is 0. The van der Waals surface area contributed by atoms with Crippen LogP contribution in [0.5, 0.6) is 0 Å². The average molecular weight is 719 g/mol. The van der Waals surface area contributed by atoms with Crippen molar-refractivity contribution in [2.24, 2.45) is 0 Å². The van der Waals surface area contributed by atoms with Gasteiger partial charge in [0.05, 0.1) is 5.41 Å². The number of rotatable bonds is 10. The Morgan fingerprint density at radius 1 is 0.250 bits per heavy atom. The molecular weight excluding hydrogens is 681 g/mol. The summed E-state index contributed by atoms with van der Waals surface area (Å²) in [6.07, 6.45) is 0. The van der Waals surface area contributed by atoms with Crippen molar-refractivity contribution in [1.82, 2.24) is 15.0 Å². The van der Waals surface area contributed by atoms with E-state index in [9.17, 15) is 0 Å². The highest BCUT2D eigenvalue weighted by Gasteiger charge is 2.38. The molecule has 0 amide bonds.